The van der Waals surface area contributed by atoms with Crippen molar-refractivity contribution in [1.29, 1.82) is 5.26 Å². The number of nitrogens with zero attached hydrogens (tertiary/aromatic N) is 5. The van der Waals surface area contributed by atoms with Crippen molar-refractivity contribution in [3.05, 3.63) is 68.5 Å². The van der Waals surface area contributed by atoms with E-state index in [1.54, 1.807) is 35.9 Å². The Morgan fingerprint density at radius 3 is 2.87 bits per heavy atom. The number of hydrogen-bond donors (Lipinski definition) is 1. The molecule has 3 rings (SSSR count). The van der Waals surface area contributed by atoms with Gasteiger partial charge in [-0.25, -0.2) is 0 Å². The summed E-state index contributed by atoms with van der Waals surface area (Å²) in [5, 5.41) is 32.1. The third-order valence-electron chi connectivity index (χ3n) is 4.24. The number of nitro benzene ring substituents is 1. The Labute approximate surface area is 176 Å². The molecule has 2 aromatic heterocycles. The maximum atomic E-state index is 12.5. The lowest BCUT2D eigenvalue weighted by atomic mass is 10.1. The average molecular weight is 422 g/mol. The molecule has 152 valence electrons. The van der Waals surface area contributed by atoms with Crippen LogP contribution in [0.4, 0.5) is 10.8 Å². The van der Waals surface area contributed by atoms with Crippen LogP contribution in [-0.2, 0) is 11.2 Å². The fourth-order valence-corrected chi connectivity index (χ4v) is 3.67. The van der Waals surface area contributed by atoms with Gasteiger partial charge in [-0.2, -0.15) is 5.26 Å². The third kappa shape index (κ3) is 4.59. The van der Waals surface area contributed by atoms with E-state index >= 15 is 0 Å². The molecule has 0 aliphatic carbocycles. The molecule has 0 bridgehead atoms. The molecule has 2 heterocycles. The zero-order valence-corrected chi connectivity index (χ0v) is 17.1. The molecule has 0 saturated heterocycles. The monoisotopic (exact) mass is 422 g/mol. The molecular formula is C20H18N6O3S. The number of nitro groups is 1. The minimum atomic E-state index is -0.579. The molecule has 1 aromatic carbocycles. The smallest absolute Gasteiger partial charge is 0.269 e. The maximum Gasteiger partial charge on any atom is 0.269 e. The van der Waals surface area contributed by atoms with Crippen LogP contribution in [0.1, 0.15) is 29.6 Å². The largest absolute Gasteiger partial charge is 0.317 e. The summed E-state index contributed by atoms with van der Waals surface area (Å²) < 4.78 is 1.76. The van der Waals surface area contributed by atoms with Gasteiger partial charge in [0.05, 0.1) is 4.92 Å². The van der Waals surface area contributed by atoms with Gasteiger partial charge in [0.2, 0.25) is 5.13 Å². The first-order chi connectivity index (χ1) is 14.4. The fraction of sp³-hybridized carbons (Fsp3) is 0.200. The second-order valence-corrected chi connectivity index (χ2v) is 7.47. The highest BCUT2D eigenvalue weighted by Gasteiger charge is 2.15. The Hall–Kier alpha value is -3.84. The zero-order valence-electron chi connectivity index (χ0n) is 16.3. The van der Waals surface area contributed by atoms with Gasteiger partial charge in [0.1, 0.15) is 16.6 Å². The van der Waals surface area contributed by atoms with E-state index in [1.165, 1.54) is 29.5 Å². The second-order valence-electron chi connectivity index (χ2n) is 6.41. The average Bonchev–Trinajstić information content (AvgIpc) is 3.35. The number of nitrogens with one attached hydrogen (secondary N) is 1. The molecule has 0 aliphatic rings. The number of carbonyl (C=O) groups is 1. The van der Waals surface area contributed by atoms with E-state index in [0.29, 0.717) is 22.1 Å². The number of hydrogen-bond acceptors (Lipinski definition) is 7. The first-order valence-electron chi connectivity index (χ1n) is 9.11. The summed E-state index contributed by atoms with van der Waals surface area (Å²) in [5.74, 6) is -0.579. The molecule has 0 unspecified atom stereocenters. The number of carbonyl (C=O) groups excluding carboxylic acids is 1. The Morgan fingerprint density at radius 1 is 1.40 bits per heavy atom. The number of aryl methyl sites for hydroxylation is 2. The van der Waals surface area contributed by atoms with Crippen LogP contribution in [0, 0.1) is 28.4 Å². The Bertz CT molecular complexity index is 1170. The van der Waals surface area contributed by atoms with Gasteiger partial charge in [0.25, 0.3) is 11.6 Å². The zero-order chi connectivity index (χ0) is 21.7. The molecule has 30 heavy (non-hydrogen) atoms. The standard InChI is InChI=1S/C20H18N6O3S/c1-3-5-18-23-24-20(30-18)22-19(27)14(12-21)11-15-6-4-9-25(15)17-8-7-16(26(28)29)10-13(17)2/h4,6-11H,3,5H2,1-2H3,(H,22,24,27). The predicted octanol–water partition coefficient (Wildman–Crippen LogP) is 4.04. The fourth-order valence-electron chi connectivity index (χ4n) is 2.83. The molecule has 0 saturated carbocycles. The SMILES string of the molecule is CCCc1nnc(NC(=O)C(C#N)=Cc2cccn2-c2ccc([N+](=O)[O-])cc2C)s1. The van der Waals surface area contributed by atoms with Crippen LogP contribution in [0.15, 0.2) is 42.1 Å². The highest BCUT2D eigenvalue weighted by molar-refractivity contribution is 7.15. The van der Waals surface area contributed by atoms with Crippen LogP contribution in [0.3, 0.4) is 0 Å². The van der Waals surface area contributed by atoms with Gasteiger partial charge in [-0.05, 0) is 43.2 Å². The number of benzene rings is 1. The second kappa shape index (κ2) is 9.11. The summed E-state index contributed by atoms with van der Waals surface area (Å²) in [6.45, 7) is 3.79. The van der Waals surface area contributed by atoms with Crippen molar-refractivity contribution in [1.82, 2.24) is 14.8 Å². The van der Waals surface area contributed by atoms with Gasteiger partial charge in [-0.15, -0.1) is 10.2 Å². The summed E-state index contributed by atoms with van der Waals surface area (Å²) in [6, 6.07) is 9.95. The van der Waals surface area contributed by atoms with Gasteiger partial charge in [-0.1, -0.05) is 18.3 Å². The third-order valence-corrected chi connectivity index (χ3v) is 5.14. The normalized spacial score (nSPS) is 11.2. The molecule has 9 nitrogen and oxygen atoms in total. The van der Waals surface area contributed by atoms with E-state index in [0.717, 1.165) is 17.8 Å². The number of amides is 1. The van der Waals surface area contributed by atoms with Crippen molar-refractivity contribution in [2.45, 2.75) is 26.7 Å². The molecule has 3 aromatic rings. The van der Waals surface area contributed by atoms with Crippen LogP contribution in [0.2, 0.25) is 0 Å². The van der Waals surface area contributed by atoms with Crippen molar-refractivity contribution < 1.29 is 9.72 Å². The summed E-state index contributed by atoms with van der Waals surface area (Å²) in [7, 11) is 0. The highest BCUT2D eigenvalue weighted by atomic mass is 32.1. The Kier molecular flexibility index (Phi) is 6.34. The number of aromatic nitrogens is 3. The van der Waals surface area contributed by atoms with Crippen molar-refractivity contribution >= 4 is 34.1 Å². The van der Waals surface area contributed by atoms with Crippen LogP contribution in [0.5, 0.6) is 0 Å². The first-order valence-corrected chi connectivity index (χ1v) is 9.93. The molecule has 1 amide bonds. The summed E-state index contributed by atoms with van der Waals surface area (Å²) in [4.78, 5) is 23.0. The number of anilines is 1. The first kappa shape index (κ1) is 20.9. The van der Waals surface area contributed by atoms with Crippen LogP contribution in [0.25, 0.3) is 11.8 Å². The van der Waals surface area contributed by atoms with E-state index in [2.05, 4.69) is 15.5 Å². The van der Waals surface area contributed by atoms with Gasteiger partial charge in [0, 0.05) is 36.1 Å². The van der Waals surface area contributed by atoms with E-state index in [1.807, 2.05) is 13.0 Å². The van der Waals surface area contributed by atoms with Gasteiger partial charge in [0.15, 0.2) is 0 Å². The van der Waals surface area contributed by atoms with E-state index < -0.39 is 10.8 Å². The van der Waals surface area contributed by atoms with Crippen molar-refractivity contribution in [2.75, 3.05) is 5.32 Å². The molecule has 0 spiro atoms. The van der Waals surface area contributed by atoms with Crippen molar-refractivity contribution in [3.63, 3.8) is 0 Å². The number of rotatable bonds is 7. The lowest BCUT2D eigenvalue weighted by Gasteiger charge is -2.10. The Morgan fingerprint density at radius 2 is 2.20 bits per heavy atom. The molecular weight excluding hydrogens is 404 g/mol. The number of nitriles is 1. The van der Waals surface area contributed by atoms with E-state index in [4.69, 9.17) is 0 Å². The highest BCUT2D eigenvalue weighted by Crippen LogP contribution is 2.24. The lowest BCUT2D eigenvalue weighted by Crippen LogP contribution is -2.13. The van der Waals surface area contributed by atoms with Crippen LogP contribution >= 0.6 is 11.3 Å². The summed E-state index contributed by atoms with van der Waals surface area (Å²) in [6.07, 6.45) is 4.92. The molecule has 0 radical (unpaired) electrons. The molecule has 1 N–H and O–H groups in total. The molecule has 10 heteroatoms. The molecule has 0 atom stereocenters. The van der Waals surface area contributed by atoms with Crippen molar-refractivity contribution in [3.8, 4) is 11.8 Å². The van der Waals surface area contributed by atoms with E-state index in [-0.39, 0.29) is 11.3 Å². The Balaban J connectivity index is 1.87. The minimum absolute atomic E-state index is 0.00269. The summed E-state index contributed by atoms with van der Waals surface area (Å²) >= 11 is 1.28. The van der Waals surface area contributed by atoms with Gasteiger partial charge in [-0.3, -0.25) is 20.2 Å². The van der Waals surface area contributed by atoms with Crippen LogP contribution < -0.4 is 5.32 Å². The predicted molar refractivity (Wildman–Crippen MR) is 113 cm³/mol. The number of non-ortho nitro benzene ring substituents is 1. The molecule has 0 fully saturated rings. The van der Waals surface area contributed by atoms with E-state index in [9.17, 15) is 20.2 Å². The maximum absolute atomic E-state index is 12.5. The lowest BCUT2D eigenvalue weighted by molar-refractivity contribution is -0.384. The van der Waals surface area contributed by atoms with Crippen LogP contribution in [-0.4, -0.2) is 25.6 Å². The van der Waals surface area contributed by atoms with Crippen molar-refractivity contribution in [2.24, 2.45) is 0 Å². The summed E-state index contributed by atoms with van der Waals surface area (Å²) in [5.41, 5.74) is 1.89. The quantitative estimate of drug-likeness (QED) is 0.265. The van der Waals surface area contributed by atoms with Gasteiger partial charge >= 0.3 is 0 Å². The topological polar surface area (TPSA) is 127 Å². The molecule has 0 aliphatic heterocycles. The minimum Gasteiger partial charge on any atom is -0.317 e. The van der Waals surface area contributed by atoms with Gasteiger partial charge < -0.3 is 4.57 Å².